The second-order valence-corrected chi connectivity index (χ2v) is 2.74. The van der Waals surface area contributed by atoms with Crippen molar-refractivity contribution in [2.75, 3.05) is 0 Å². The zero-order valence-electron chi connectivity index (χ0n) is 9.91. The summed E-state index contributed by atoms with van der Waals surface area (Å²) in [6.07, 6.45) is 0. The van der Waals surface area contributed by atoms with Gasteiger partial charge in [-0.1, -0.05) is 20.6 Å². The molecule has 0 amide bonds. The van der Waals surface area contributed by atoms with Crippen LogP contribution in [0.1, 0.15) is 27.7 Å². The summed E-state index contributed by atoms with van der Waals surface area (Å²) in [7, 11) is 0. The van der Waals surface area contributed by atoms with Crippen LogP contribution >= 0.6 is 0 Å². The Labute approximate surface area is 109 Å². The number of oxime groups is 4. The Morgan fingerprint density at radius 1 is 0.529 bits per heavy atom. The number of nitrogens with zero attached hydrogens (tertiary/aromatic N) is 4. The van der Waals surface area contributed by atoms with E-state index >= 15 is 0 Å². The topological polar surface area (TPSA) is 130 Å². The van der Waals surface area contributed by atoms with Crippen molar-refractivity contribution in [2.45, 2.75) is 27.7 Å². The van der Waals surface area contributed by atoms with E-state index in [1.807, 2.05) is 0 Å². The maximum atomic E-state index is 8.03. The van der Waals surface area contributed by atoms with Crippen molar-refractivity contribution < 1.29 is 37.6 Å². The molecule has 0 heterocycles. The van der Waals surface area contributed by atoms with Crippen molar-refractivity contribution in [1.82, 2.24) is 0 Å². The normalized spacial score (nSPS) is 13.4. The number of hydrogen-bond acceptors (Lipinski definition) is 8. The summed E-state index contributed by atoms with van der Waals surface area (Å²) in [6.45, 7) is 6.15. The first kappa shape index (κ1) is 20.8. The second-order valence-electron chi connectivity index (χ2n) is 2.74. The Morgan fingerprint density at radius 2 is 0.647 bits per heavy atom. The monoisotopic (exact) mass is 291 g/mol. The molecule has 0 aromatic rings. The van der Waals surface area contributed by atoms with Crippen LogP contribution in [0.4, 0.5) is 0 Å². The maximum absolute atomic E-state index is 8.03. The predicted molar refractivity (Wildman–Crippen MR) is 59.6 cm³/mol. The van der Waals surface area contributed by atoms with E-state index in [1.165, 1.54) is 27.7 Å². The molecule has 0 saturated carbocycles. The molecular formula is C8H16CoN4O4+2. The van der Waals surface area contributed by atoms with Gasteiger partial charge in [0.25, 0.3) is 0 Å². The Balaban J connectivity index is -0.000000218. The summed E-state index contributed by atoms with van der Waals surface area (Å²) in [5.41, 5.74) is 1.25. The minimum Gasteiger partial charge on any atom is -0.411 e. The minimum atomic E-state index is 0. The third-order valence-corrected chi connectivity index (χ3v) is 1.65. The molecule has 0 aromatic carbocycles. The molecule has 0 atom stereocenters. The van der Waals surface area contributed by atoms with Crippen LogP contribution < -0.4 is 0 Å². The van der Waals surface area contributed by atoms with Crippen molar-refractivity contribution in [3.8, 4) is 0 Å². The molecule has 99 valence electrons. The fraction of sp³-hybridized carbons (Fsp3) is 0.500. The average molecular weight is 291 g/mol. The van der Waals surface area contributed by atoms with Crippen molar-refractivity contribution in [3.05, 3.63) is 0 Å². The van der Waals surface area contributed by atoms with Gasteiger partial charge in [-0.2, -0.15) is 0 Å². The average Bonchev–Trinajstić information content (AvgIpc) is 2.35. The Bertz CT molecular complexity index is 261. The number of hydrogen-bond donors (Lipinski definition) is 4. The maximum Gasteiger partial charge on any atom is 2.00 e. The van der Waals surface area contributed by atoms with Crippen molar-refractivity contribution in [3.63, 3.8) is 0 Å². The molecule has 0 saturated heterocycles. The molecule has 17 heavy (non-hydrogen) atoms. The first-order valence-electron chi connectivity index (χ1n) is 4.19. The first-order valence-corrected chi connectivity index (χ1v) is 4.19. The van der Waals surface area contributed by atoms with Crippen LogP contribution in [-0.2, 0) is 16.8 Å². The Kier molecular flexibility index (Phi) is 15.2. The summed E-state index contributed by atoms with van der Waals surface area (Å²) in [4.78, 5) is 0. The van der Waals surface area contributed by atoms with Gasteiger partial charge in [-0.25, -0.2) is 0 Å². The van der Waals surface area contributed by atoms with E-state index in [0.29, 0.717) is 22.8 Å². The van der Waals surface area contributed by atoms with Gasteiger partial charge >= 0.3 is 16.8 Å². The predicted octanol–water partition coefficient (Wildman–Crippen LogP) is 1.37. The van der Waals surface area contributed by atoms with E-state index in [9.17, 15) is 0 Å². The molecule has 4 N–H and O–H groups in total. The van der Waals surface area contributed by atoms with E-state index in [2.05, 4.69) is 20.6 Å². The van der Waals surface area contributed by atoms with Gasteiger partial charge in [-0.15, -0.1) is 0 Å². The van der Waals surface area contributed by atoms with Gasteiger partial charge in [0.1, 0.15) is 22.8 Å². The molecule has 0 spiro atoms. The van der Waals surface area contributed by atoms with Gasteiger partial charge in [-0.3, -0.25) is 0 Å². The van der Waals surface area contributed by atoms with Crippen molar-refractivity contribution in [1.29, 1.82) is 0 Å². The fourth-order valence-corrected chi connectivity index (χ4v) is 0.289. The van der Waals surface area contributed by atoms with Gasteiger partial charge in [-0.05, 0) is 27.7 Å². The van der Waals surface area contributed by atoms with Gasteiger partial charge in [0.05, 0.1) is 0 Å². The zero-order valence-corrected chi connectivity index (χ0v) is 11.0. The van der Waals surface area contributed by atoms with Gasteiger partial charge < -0.3 is 20.8 Å². The number of rotatable bonds is 2. The molecule has 0 aliphatic heterocycles. The van der Waals surface area contributed by atoms with Crippen LogP contribution in [-0.4, -0.2) is 43.7 Å². The van der Waals surface area contributed by atoms with Crippen LogP contribution in [0.3, 0.4) is 0 Å². The minimum absolute atomic E-state index is 0. The fourth-order valence-electron chi connectivity index (χ4n) is 0.289. The summed E-state index contributed by atoms with van der Waals surface area (Å²) >= 11 is 0. The summed E-state index contributed by atoms with van der Waals surface area (Å²) in [6, 6.07) is 0. The molecule has 0 unspecified atom stereocenters. The molecule has 8 nitrogen and oxygen atoms in total. The molecule has 0 bridgehead atoms. The molecule has 0 fully saturated rings. The van der Waals surface area contributed by atoms with Crippen molar-refractivity contribution in [2.24, 2.45) is 20.6 Å². The van der Waals surface area contributed by atoms with Crippen LogP contribution in [0, 0.1) is 0 Å². The van der Waals surface area contributed by atoms with E-state index < -0.39 is 0 Å². The third-order valence-electron chi connectivity index (χ3n) is 1.65. The smallest absolute Gasteiger partial charge is 0.411 e. The van der Waals surface area contributed by atoms with Crippen molar-refractivity contribution >= 4 is 22.8 Å². The van der Waals surface area contributed by atoms with Gasteiger partial charge in [0, 0.05) is 0 Å². The first-order chi connectivity index (χ1) is 7.44. The quantitative estimate of drug-likeness (QED) is 0.347. The van der Waals surface area contributed by atoms with Crippen LogP contribution in [0.5, 0.6) is 0 Å². The summed E-state index contributed by atoms with van der Waals surface area (Å²) in [5, 5.41) is 43.3. The van der Waals surface area contributed by atoms with E-state index in [1.54, 1.807) is 0 Å². The molecule has 9 heteroatoms. The molecule has 0 aliphatic carbocycles. The van der Waals surface area contributed by atoms with Gasteiger partial charge in [0.15, 0.2) is 0 Å². The van der Waals surface area contributed by atoms with E-state index in [4.69, 9.17) is 20.8 Å². The van der Waals surface area contributed by atoms with Gasteiger partial charge in [0.2, 0.25) is 0 Å². The Hall–Kier alpha value is -1.61. The van der Waals surface area contributed by atoms with E-state index in [0.717, 1.165) is 0 Å². The largest absolute Gasteiger partial charge is 2.00 e. The summed E-state index contributed by atoms with van der Waals surface area (Å²) in [5.74, 6) is 0. The molecule has 1 radical (unpaired) electrons. The SMILES string of the molecule is CC(=NO)C(C)=NO.CC(=NO)C(C)=NO.[Co+2]. The summed E-state index contributed by atoms with van der Waals surface area (Å²) < 4.78 is 0. The Morgan fingerprint density at radius 3 is 0.706 bits per heavy atom. The second kappa shape index (κ2) is 12.5. The standard InChI is InChI=1S/2C4H8N2O2.Co/c2*1-3(5-7)4(2)6-8;/h2*7-8H,1-2H3;/q;;+2. The van der Waals surface area contributed by atoms with Crippen LogP contribution in [0.15, 0.2) is 20.6 Å². The third kappa shape index (κ3) is 10.7. The zero-order chi connectivity index (χ0) is 13.1. The van der Waals surface area contributed by atoms with E-state index in [-0.39, 0.29) is 16.8 Å². The molecule has 0 rings (SSSR count). The molecule has 0 aliphatic rings. The molecular weight excluding hydrogens is 275 g/mol. The van der Waals surface area contributed by atoms with Crippen LogP contribution in [0.25, 0.3) is 0 Å². The molecule has 0 aromatic heterocycles. The van der Waals surface area contributed by atoms with Crippen LogP contribution in [0.2, 0.25) is 0 Å².